The smallest absolute Gasteiger partial charge is 0.303 e. The quantitative estimate of drug-likeness (QED) is 0.862. The second-order valence-corrected chi connectivity index (χ2v) is 4.93. The number of nitrogens with one attached hydrogen (secondary N) is 1. The minimum atomic E-state index is -0.744. The van der Waals surface area contributed by atoms with E-state index < -0.39 is 5.97 Å². The van der Waals surface area contributed by atoms with E-state index in [1.807, 2.05) is 6.07 Å². The van der Waals surface area contributed by atoms with Crippen molar-refractivity contribution in [2.75, 3.05) is 6.54 Å². The molecule has 1 aromatic rings. The third kappa shape index (κ3) is 3.53. The zero-order valence-corrected chi connectivity index (χ0v) is 10.2. The molecule has 0 bridgehead atoms. The maximum absolute atomic E-state index is 13.5. The number of piperidine rings is 1. The summed E-state index contributed by atoms with van der Waals surface area (Å²) >= 11 is 0. The van der Waals surface area contributed by atoms with E-state index in [2.05, 4.69) is 5.32 Å². The van der Waals surface area contributed by atoms with Crippen LogP contribution in [-0.2, 0) is 11.2 Å². The Bertz CT molecular complexity index is 422. The van der Waals surface area contributed by atoms with E-state index in [1.165, 1.54) is 6.07 Å². The molecular weight excluding hydrogens is 233 g/mol. The molecule has 2 unspecified atom stereocenters. The number of hydrogen-bond donors (Lipinski definition) is 2. The Morgan fingerprint density at radius 3 is 2.94 bits per heavy atom. The summed E-state index contributed by atoms with van der Waals surface area (Å²) in [6, 6.07) is 6.95. The summed E-state index contributed by atoms with van der Waals surface area (Å²) in [6.45, 7) is 0.817. The van der Waals surface area contributed by atoms with Crippen molar-refractivity contribution in [2.45, 2.75) is 31.7 Å². The van der Waals surface area contributed by atoms with Gasteiger partial charge in [-0.2, -0.15) is 0 Å². The molecule has 18 heavy (non-hydrogen) atoms. The van der Waals surface area contributed by atoms with Crippen LogP contribution in [0.4, 0.5) is 4.39 Å². The third-order valence-electron chi connectivity index (χ3n) is 3.49. The average Bonchev–Trinajstić information content (AvgIpc) is 2.32. The normalized spacial score (nSPS) is 23.8. The van der Waals surface area contributed by atoms with Crippen molar-refractivity contribution in [1.29, 1.82) is 0 Å². The predicted molar refractivity (Wildman–Crippen MR) is 66.9 cm³/mol. The summed E-state index contributed by atoms with van der Waals surface area (Å²) < 4.78 is 13.5. The monoisotopic (exact) mass is 251 g/mol. The van der Waals surface area contributed by atoms with Gasteiger partial charge in [0.2, 0.25) is 0 Å². The predicted octanol–water partition coefficient (Wildman–Crippen LogP) is 2.21. The molecule has 0 aliphatic carbocycles. The largest absolute Gasteiger partial charge is 0.481 e. The summed E-state index contributed by atoms with van der Waals surface area (Å²) in [5.74, 6) is -0.716. The van der Waals surface area contributed by atoms with E-state index in [4.69, 9.17) is 5.11 Å². The van der Waals surface area contributed by atoms with Crippen LogP contribution in [0.2, 0.25) is 0 Å². The molecule has 0 spiro atoms. The number of rotatable bonds is 4. The highest BCUT2D eigenvalue weighted by Crippen LogP contribution is 2.22. The van der Waals surface area contributed by atoms with Crippen LogP contribution in [-0.4, -0.2) is 23.7 Å². The Morgan fingerprint density at radius 2 is 2.22 bits per heavy atom. The molecule has 1 aliphatic heterocycles. The first-order valence-electron chi connectivity index (χ1n) is 6.33. The molecule has 2 rings (SSSR count). The SMILES string of the molecule is O=C(O)CC1CCNC(Cc2ccccc2F)C1. The van der Waals surface area contributed by atoms with Gasteiger partial charge < -0.3 is 10.4 Å². The van der Waals surface area contributed by atoms with Gasteiger partial charge in [-0.25, -0.2) is 4.39 Å². The fourth-order valence-corrected chi connectivity index (χ4v) is 2.61. The van der Waals surface area contributed by atoms with Gasteiger partial charge in [0, 0.05) is 12.5 Å². The van der Waals surface area contributed by atoms with Crippen molar-refractivity contribution in [3.05, 3.63) is 35.6 Å². The van der Waals surface area contributed by atoms with Crippen LogP contribution in [0.3, 0.4) is 0 Å². The van der Waals surface area contributed by atoms with Crippen molar-refractivity contribution >= 4 is 5.97 Å². The summed E-state index contributed by atoms with van der Waals surface area (Å²) in [4.78, 5) is 10.7. The second-order valence-electron chi connectivity index (χ2n) is 4.93. The molecular formula is C14H18FNO2. The molecule has 1 aliphatic rings. The minimum absolute atomic E-state index is 0.181. The summed E-state index contributed by atoms with van der Waals surface area (Å²) in [5, 5.41) is 12.1. The number of carbonyl (C=O) groups is 1. The maximum Gasteiger partial charge on any atom is 0.303 e. The van der Waals surface area contributed by atoms with Crippen LogP contribution in [0.15, 0.2) is 24.3 Å². The fourth-order valence-electron chi connectivity index (χ4n) is 2.61. The Kier molecular flexibility index (Phi) is 4.31. The lowest BCUT2D eigenvalue weighted by Crippen LogP contribution is -2.40. The van der Waals surface area contributed by atoms with E-state index in [9.17, 15) is 9.18 Å². The van der Waals surface area contributed by atoms with Crippen LogP contribution in [0.5, 0.6) is 0 Å². The zero-order valence-electron chi connectivity index (χ0n) is 10.2. The van der Waals surface area contributed by atoms with Gasteiger partial charge in [-0.15, -0.1) is 0 Å². The van der Waals surface area contributed by atoms with Crippen LogP contribution < -0.4 is 5.32 Å². The summed E-state index contributed by atoms with van der Waals surface area (Å²) in [5.41, 5.74) is 0.700. The Balaban J connectivity index is 1.93. The topological polar surface area (TPSA) is 49.3 Å². The van der Waals surface area contributed by atoms with E-state index in [0.29, 0.717) is 12.0 Å². The highest BCUT2D eigenvalue weighted by atomic mass is 19.1. The molecule has 1 heterocycles. The molecule has 0 aromatic heterocycles. The van der Waals surface area contributed by atoms with Gasteiger partial charge in [-0.05, 0) is 43.4 Å². The Hall–Kier alpha value is -1.42. The first-order chi connectivity index (χ1) is 8.65. The maximum atomic E-state index is 13.5. The lowest BCUT2D eigenvalue weighted by molar-refractivity contribution is -0.138. The molecule has 2 N–H and O–H groups in total. The Morgan fingerprint density at radius 1 is 1.44 bits per heavy atom. The van der Waals surface area contributed by atoms with Gasteiger partial charge in [-0.3, -0.25) is 4.79 Å². The number of carboxylic acids is 1. The van der Waals surface area contributed by atoms with Gasteiger partial charge in [0.05, 0.1) is 0 Å². The van der Waals surface area contributed by atoms with Crippen molar-refractivity contribution in [3.63, 3.8) is 0 Å². The highest BCUT2D eigenvalue weighted by molar-refractivity contribution is 5.67. The number of benzene rings is 1. The van der Waals surface area contributed by atoms with E-state index in [1.54, 1.807) is 12.1 Å². The van der Waals surface area contributed by atoms with E-state index in [0.717, 1.165) is 19.4 Å². The molecule has 98 valence electrons. The van der Waals surface area contributed by atoms with E-state index >= 15 is 0 Å². The highest BCUT2D eigenvalue weighted by Gasteiger charge is 2.24. The minimum Gasteiger partial charge on any atom is -0.481 e. The van der Waals surface area contributed by atoms with Gasteiger partial charge in [0.15, 0.2) is 0 Å². The Labute approximate surface area is 106 Å². The number of halogens is 1. The fraction of sp³-hybridized carbons (Fsp3) is 0.500. The molecule has 0 amide bonds. The zero-order chi connectivity index (χ0) is 13.0. The van der Waals surface area contributed by atoms with Crippen molar-refractivity contribution < 1.29 is 14.3 Å². The molecule has 4 heteroatoms. The first kappa shape index (κ1) is 13.0. The molecule has 0 saturated carbocycles. The van der Waals surface area contributed by atoms with Gasteiger partial charge in [-0.1, -0.05) is 18.2 Å². The molecule has 1 saturated heterocycles. The number of hydrogen-bond acceptors (Lipinski definition) is 2. The molecule has 2 atom stereocenters. The van der Waals surface area contributed by atoms with Crippen LogP contribution >= 0.6 is 0 Å². The van der Waals surface area contributed by atoms with Crippen molar-refractivity contribution in [2.24, 2.45) is 5.92 Å². The summed E-state index contributed by atoms with van der Waals surface area (Å²) in [7, 11) is 0. The molecule has 1 aromatic carbocycles. The molecule has 1 fully saturated rings. The summed E-state index contributed by atoms with van der Waals surface area (Å²) in [6.07, 6.45) is 2.54. The number of carboxylic acid groups (broad SMARTS) is 1. The standard InChI is InChI=1S/C14H18FNO2/c15-13-4-2-1-3-11(13)9-12-7-10(5-6-16-12)8-14(17)18/h1-4,10,12,16H,5-9H2,(H,17,18). The van der Waals surface area contributed by atoms with Crippen molar-refractivity contribution in [3.8, 4) is 0 Å². The van der Waals surface area contributed by atoms with E-state index in [-0.39, 0.29) is 24.2 Å². The van der Waals surface area contributed by atoms with Crippen LogP contribution in [0, 0.1) is 11.7 Å². The molecule has 0 radical (unpaired) electrons. The average molecular weight is 251 g/mol. The lowest BCUT2D eigenvalue weighted by Gasteiger charge is -2.29. The number of aliphatic carboxylic acids is 1. The molecule has 3 nitrogen and oxygen atoms in total. The first-order valence-corrected chi connectivity index (χ1v) is 6.33. The lowest BCUT2D eigenvalue weighted by atomic mass is 9.87. The van der Waals surface area contributed by atoms with Crippen LogP contribution in [0.1, 0.15) is 24.8 Å². The third-order valence-corrected chi connectivity index (χ3v) is 3.49. The van der Waals surface area contributed by atoms with Crippen molar-refractivity contribution in [1.82, 2.24) is 5.32 Å². The van der Waals surface area contributed by atoms with Gasteiger partial charge >= 0.3 is 5.97 Å². The second kappa shape index (κ2) is 5.96. The van der Waals surface area contributed by atoms with Gasteiger partial charge in [0.1, 0.15) is 5.82 Å². The van der Waals surface area contributed by atoms with Gasteiger partial charge in [0.25, 0.3) is 0 Å². The van der Waals surface area contributed by atoms with Crippen LogP contribution in [0.25, 0.3) is 0 Å².